The molecule has 11 heteroatoms. The van der Waals surface area contributed by atoms with Crippen LogP contribution in [0.2, 0.25) is 10.0 Å². The molecule has 0 radical (unpaired) electrons. The van der Waals surface area contributed by atoms with E-state index in [0.29, 0.717) is 5.75 Å². The van der Waals surface area contributed by atoms with Crippen molar-refractivity contribution >= 4 is 50.7 Å². The molecule has 0 saturated carbocycles. The van der Waals surface area contributed by atoms with Crippen LogP contribution in [-0.2, 0) is 26.2 Å². The Morgan fingerprint density at radius 3 is 2.26 bits per heavy atom. The number of carbonyl (C=O) groups excluding carboxylic acids is 2. The lowest BCUT2D eigenvalue weighted by Gasteiger charge is -2.32. The first-order valence-electron chi connectivity index (χ1n) is 11.0. The smallest absolute Gasteiger partial charge is 0.244 e. The third-order valence-corrected chi connectivity index (χ3v) is 7.05. The molecule has 0 spiro atoms. The number of ether oxygens (including phenoxy) is 1. The second kappa shape index (κ2) is 12.5. The van der Waals surface area contributed by atoms with Crippen LogP contribution in [-0.4, -0.2) is 57.1 Å². The van der Waals surface area contributed by atoms with Crippen molar-refractivity contribution in [2.24, 2.45) is 0 Å². The molecule has 0 unspecified atom stereocenters. The highest BCUT2D eigenvalue weighted by Gasteiger charge is 2.30. The van der Waals surface area contributed by atoms with E-state index in [2.05, 4.69) is 5.32 Å². The number of methoxy groups -OCH3 is 1. The van der Waals surface area contributed by atoms with Gasteiger partial charge in [0.15, 0.2) is 0 Å². The van der Waals surface area contributed by atoms with Crippen molar-refractivity contribution in [3.63, 3.8) is 0 Å². The largest absolute Gasteiger partial charge is 0.497 e. The number of amides is 2. The Morgan fingerprint density at radius 1 is 1.09 bits per heavy atom. The number of hydrogen-bond donors (Lipinski definition) is 1. The van der Waals surface area contributed by atoms with E-state index < -0.39 is 28.5 Å². The summed E-state index contributed by atoms with van der Waals surface area (Å²) < 4.78 is 31.4. The molecule has 0 bridgehead atoms. The van der Waals surface area contributed by atoms with E-state index >= 15 is 0 Å². The van der Waals surface area contributed by atoms with Gasteiger partial charge >= 0.3 is 0 Å². The molecule has 2 aromatic carbocycles. The number of rotatable bonds is 11. The van der Waals surface area contributed by atoms with E-state index in [1.165, 1.54) is 30.2 Å². The van der Waals surface area contributed by atoms with Crippen molar-refractivity contribution in [1.29, 1.82) is 0 Å². The molecule has 2 atom stereocenters. The summed E-state index contributed by atoms with van der Waals surface area (Å²) in [6.07, 6.45) is 1.71. The zero-order chi connectivity index (χ0) is 26.3. The Labute approximate surface area is 217 Å². The standard InChI is InChI=1S/C24H31Cl2N3O5S/c1-6-16(2)27-24(31)17(3)28(14-18-8-7-9-22(10-18)34-4)23(30)15-29(35(5,32)33)21-12-19(25)11-20(26)13-21/h7-13,16-17H,6,14-15H2,1-5H3,(H,27,31)/t16-,17+/m0/s1. The maximum Gasteiger partial charge on any atom is 0.244 e. The minimum absolute atomic E-state index is 0.0685. The fraction of sp³-hybridized carbons (Fsp3) is 0.417. The molecule has 8 nitrogen and oxygen atoms in total. The Bertz CT molecular complexity index is 1140. The Balaban J connectivity index is 2.43. The molecule has 2 aromatic rings. The van der Waals surface area contributed by atoms with Gasteiger partial charge in [-0.2, -0.15) is 0 Å². The van der Waals surface area contributed by atoms with Gasteiger partial charge in [0.05, 0.1) is 19.1 Å². The van der Waals surface area contributed by atoms with Crippen molar-refractivity contribution in [2.75, 3.05) is 24.2 Å². The van der Waals surface area contributed by atoms with Crippen molar-refractivity contribution in [3.05, 3.63) is 58.1 Å². The number of sulfonamides is 1. The molecule has 0 aliphatic rings. The summed E-state index contributed by atoms with van der Waals surface area (Å²) in [5.74, 6) is -0.314. The summed E-state index contributed by atoms with van der Waals surface area (Å²) in [5.41, 5.74) is 0.869. The van der Waals surface area contributed by atoms with Gasteiger partial charge in [0.25, 0.3) is 0 Å². The minimum Gasteiger partial charge on any atom is -0.497 e. The van der Waals surface area contributed by atoms with Gasteiger partial charge in [0, 0.05) is 22.6 Å². The van der Waals surface area contributed by atoms with Crippen LogP contribution in [0, 0.1) is 0 Å². The van der Waals surface area contributed by atoms with E-state index in [1.54, 1.807) is 31.2 Å². The minimum atomic E-state index is -3.88. The molecular formula is C24H31Cl2N3O5S. The third kappa shape index (κ3) is 8.30. The first-order valence-corrected chi connectivity index (χ1v) is 13.6. The fourth-order valence-corrected chi connectivity index (χ4v) is 4.66. The summed E-state index contributed by atoms with van der Waals surface area (Å²) in [6.45, 7) is 4.94. The summed E-state index contributed by atoms with van der Waals surface area (Å²) in [4.78, 5) is 27.8. The van der Waals surface area contributed by atoms with Crippen molar-refractivity contribution < 1.29 is 22.7 Å². The molecule has 0 aliphatic carbocycles. The zero-order valence-electron chi connectivity index (χ0n) is 20.4. The monoisotopic (exact) mass is 543 g/mol. The number of carbonyl (C=O) groups is 2. The normalized spacial score (nSPS) is 13.0. The summed E-state index contributed by atoms with van der Waals surface area (Å²) >= 11 is 12.1. The summed E-state index contributed by atoms with van der Waals surface area (Å²) in [5, 5.41) is 3.33. The Hall–Kier alpha value is -2.49. The van der Waals surface area contributed by atoms with Crippen LogP contribution in [0.5, 0.6) is 5.75 Å². The molecule has 0 heterocycles. The zero-order valence-corrected chi connectivity index (χ0v) is 22.7. The topological polar surface area (TPSA) is 96.0 Å². The van der Waals surface area contributed by atoms with Crippen LogP contribution in [0.1, 0.15) is 32.8 Å². The van der Waals surface area contributed by atoms with Crippen LogP contribution >= 0.6 is 23.2 Å². The van der Waals surface area contributed by atoms with E-state index in [0.717, 1.165) is 22.5 Å². The lowest BCUT2D eigenvalue weighted by molar-refractivity contribution is -0.139. The van der Waals surface area contributed by atoms with Crippen LogP contribution in [0.15, 0.2) is 42.5 Å². The third-order valence-electron chi connectivity index (χ3n) is 5.47. The number of anilines is 1. The van der Waals surface area contributed by atoms with E-state index in [1.807, 2.05) is 13.8 Å². The van der Waals surface area contributed by atoms with E-state index in [9.17, 15) is 18.0 Å². The first-order chi connectivity index (χ1) is 16.3. The Kier molecular flexibility index (Phi) is 10.2. The van der Waals surface area contributed by atoms with Gasteiger partial charge in [-0.05, 0) is 56.2 Å². The van der Waals surface area contributed by atoms with Crippen LogP contribution in [0.3, 0.4) is 0 Å². The Morgan fingerprint density at radius 2 is 1.71 bits per heavy atom. The lowest BCUT2D eigenvalue weighted by Crippen LogP contribution is -2.52. The predicted molar refractivity (Wildman–Crippen MR) is 140 cm³/mol. The van der Waals surface area contributed by atoms with Gasteiger partial charge in [-0.3, -0.25) is 13.9 Å². The van der Waals surface area contributed by atoms with E-state index in [4.69, 9.17) is 27.9 Å². The maximum atomic E-state index is 13.5. The quantitative estimate of drug-likeness (QED) is 0.460. The second-order valence-corrected chi connectivity index (χ2v) is 11.0. The highest BCUT2D eigenvalue weighted by Crippen LogP contribution is 2.27. The molecule has 0 aliphatic heterocycles. The number of hydrogen-bond acceptors (Lipinski definition) is 5. The number of nitrogens with one attached hydrogen (secondary N) is 1. The fourth-order valence-electron chi connectivity index (χ4n) is 3.31. The molecule has 1 N–H and O–H groups in total. The van der Waals surface area contributed by atoms with Crippen LogP contribution < -0.4 is 14.4 Å². The van der Waals surface area contributed by atoms with Crippen LogP contribution in [0.25, 0.3) is 0 Å². The van der Waals surface area contributed by atoms with Gasteiger partial charge in [-0.1, -0.05) is 42.3 Å². The van der Waals surface area contributed by atoms with Crippen molar-refractivity contribution in [1.82, 2.24) is 10.2 Å². The molecular weight excluding hydrogens is 513 g/mol. The average molecular weight is 545 g/mol. The van der Waals surface area contributed by atoms with Crippen LogP contribution in [0.4, 0.5) is 5.69 Å². The molecule has 192 valence electrons. The number of halogens is 2. The summed E-state index contributed by atoms with van der Waals surface area (Å²) in [6, 6.07) is 10.4. The first kappa shape index (κ1) is 28.7. The van der Waals surface area contributed by atoms with Gasteiger partial charge in [0.2, 0.25) is 21.8 Å². The maximum absolute atomic E-state index is 13.5. The van der Waals surface area contributed by atoms with Gasteiger partial charge in [0.1, 0.15) is 18.3 Å². The number of benzene rings is 2. The highest BCUT2D eigenvalue weighted by atomic mass is 35.5. The van der Waals surface area contributed by atoms with Gasteiger partial charge in [-0.15, -0.1) is 0 Å². The average Bonchev–Trinajstić information content (AvgIpc) is 2.78. The second-order valence-electron chi connectivity index (χ2n) is 8.26. The molecule has 0 fully saturated rings. The molecule has 2 rings (SSSR count). The van der Waals surface area contributed by atoms with Crippen molar-refractivity contribution in [3.8, 4) is 5.75 Å². The molecule has 0 aromatic heterocycles. The van der Waals surface area contributed by atoms with Gasteiger partial charge in [-0.25, -0.2) is 8.42 Å². The predicted octanol–water partition coefficient (Wildman–Crippen LogP) is 4.10. The molecule has 0 saturated heterocycles. The number of nitrogens with zero attached hydrogens (tertiary/aromatic N) is 2. The highest BCUT2D eigenvalue weighted by molar-refractivity contribution is 7.92. The van der Waals surface area contributed by atoms with E-state index in [-0.39, 0.29) is 34.2 Å². The van der Waals surface area contributed by atoms with Gasteiger partial charge < -0.3 is 15.0 Å². The SMILES string of the molecule is CC[C@H](C)NC(=O)[C@@H](C)N(Cc1cccc(OC)c1)C(=O)CN(c1cc(Cl)cc(Cl)c1)S(C)(=O)=O. The molecule has 2 amide bonds. The summed E-state index contributed by atoms with van der Waals surface area (Å²) in [7, 11) is -2.35. The lowest BCUT2D eigenvalue weighted by atomic mass is 10.1. The van der Waals surface area contributed by atoms with Crippen molar-refractivity contribution in [2.45, 2.75) is 45.8 Å². The molecule has 35 heavy (non-hydrogen) atoms.